The van der Waals surface area contributed by atoms with Gasteiger partial charge in [0, 0.05) is 22.8 Å². The molecule has 1 saturated heterocycles. The highest BCUT2D eigenvalue weighted by Gasteiger charge is 2.24. The molecular weight excluding hydrogens is 337 g/mol. The molecule has 1 N–H and O–H groups in total. The zero-order chi connectivity index (χ0) is 12.8. The van der Waals surface area contributed by atoms with E-state index in [1.807, 2.05) is 0 Å². The Balaban J connectivity index is 2.12. The van der Waals surface area contributed by atoms with E-state index in [1.165, 1.54) is 28.4 Å². The maximum absolute atomic E-state index is 5.48. The predicted octanol–water partition coefficient (Wildman–Crippen LogP) is 3.76. The summed E-state index contributed by atoms with van der Waals surface area (Å²) in [5, 5.41) is 3.72. The Morgan fingerprint density at radius 2 is 2.17 bits per heavy atom. The van der Waals surface area contributed by atoms with E-state index in [4.69, 9.17) is 4.74 Å². The molecule has 2 nitrogen and oxygen atoms in total. The molecular formula is C15H22INO. The van der Waals surface area contributed by atoms with Crippen LogP contribution in [0.2, 0.25) is 0 Å². The van der Waals surface area contributed by atoms with Gasteiger partial charge < -0.3 is 10.1 Å². The molecule has 0 aromatic heterocycles. The van der Waals surface area contributed by atoms with Gasteiger partial charge in [-0.25, -0.2) is 0 Å². The molecule has 0 bridgehead atoms. The smallest absolute Gasteiger partial charge is 0.0469 e. The lowest BCUT2D eigenvalue weighted by Crippen LogP contribution is -2.32. The van der Waals surface area contributed by atoms with Gasteiger partial charge in [0.25, 0.3) is 0 Å². The molecule has 1 heterocycles. The molecule has 3 heteroatoms. The van der Waals surface area contributed by atoms with Crippen LogP contribution >= 0.6 is 22.6 Å². The highest BCUT2D eigenvalue weighted by molar-refractivity contribution is 14.1. The van der Waals surface area contributed by atoms with Crippen molar-refractivity contribution in [3.8, 4) is 0 Å². The van der Waals surface area contributed by atoms with E-state index in [2.05, 4.69) is 59.1 Å². The number of halogens is 1. The molecule has 100 valence electrons. The Morgan fingerprint density at radius 1 is 1.39 bits per heavy atom. The van der Waals surface area contributed by atoms with Gasteiger partial charge in [-0.3, -0.25) is 0 Å². The maximum Gasteiger partial charge on any atom is 0.0469 e. The molecule has 0 saturated carbocycles. The van der Waals surface area contributed by atoms with Gasteiger partial charge in [-0.2, -0.15) is 0 Å². The van der Waals surface area contributed by atoms with E-state index in [0.717, 1.165) is 19.8 Å². The second-order valence-corrected chi connectivity index (χ2v) is 6.18. The first-order valence-electron chi connectivity index (χ1n) is 6.88. The van der Waals surface area contributed by atoms with Crippen molar-refractivity contribution in [3.63, 3.8) is 0 Å². The van der Waals surface area contributed by atoms with Crippen LogP contribution in [0, 0.1) is 9.49 Å². The van der Waals surface area contributed by atoms with Crippen LogP contribution in [0.1, 0.15) is 37.8 Å². The lowest BCUT2D eigenvalue weighted by molar-refractivity contribution is 0.0536. The molecule has 1 aromatic rings. The number of hydrogen-bond acceptors (Lipinski definition) is 2. The highest BCUT2D eigenvalue weighted by Crippen LogP contribution is 2.30. The van der Waals surface area contributed by atoms with Crippen molar-refractivity contribution >= 4 is 22.6 Å². The van der Waals surface area contributed by atoms with E-state index in [-0.39, 0.29) is 0 Å². The molecule has 0 radical (unpaired) electrons. The third-order valence-electron chi connectivity index (χ3n) is 3.56. The van der Waals surface area contributed by atoms with Crippen LogP contribution in [-0.2, 0) is 4.74 Å². The Hall–Kier alpha value is -0.130. The van der Waals surface area contributed by atoms with Crippen molar-refractivity contribution in [1.82, 2.24) is 5.32 Å². The summed E-state index contributed by atoms with van der Waals surface area (Å²) in [7, 11) is 0. The topological polar surface area (TPSA) is 21.3 Å². The van der Waals surface area contributed by atoms with Gasteiger partial charge in [-0.15, -0.1) is 0 Å². The second kappa shape index (κ2) is 7.46. The van der Waals surface area contributed by atoms with Crippen LogP contribution in [-0.4, -0.2) is 19.8 Å². The monoisotopic (exact) mass is 359 g/mol. The first-order chi connectivity index (χ1) is 8.81. The third kappa shape index (κ3) is 3.93. The van der Waals surface area contributed by atoms with Crippen molar-refractivity contribution in [2.24, 2.45) is 5.92 Å². The summed E-state index contributed by atoms with van der Waals surface area (Å²) in [6.07, 6.45) is 3.53. The minimum Gasteiger partial charge on any atom is -0.381 e. The number of rotatable bonds is 5. The lowest BCUT2D eigenvalue weighted by Gasteiger charge is -2.31. The highest BCUT2D eigenvalue weighted by atomic mass is 127. The molecule has 1 aromatic carbocycles. The standard InChI is InChI=1S/C15H22INO/c1-2-8-17-15(12-6-9-18-10-7-12)13-4-3-5-14(16)11-13/h3-5,11-12,15,17H,2,6-10H2,1H3. The fourth-order valence-electron chi connectivity index (χ4n) is 2.61. The first kappa shape index (κ1) is 14.3. The van der Waals surface area contributed by atoms with E-state index in [1.54, 1.807) is 0 Å². The number of benzene rings is 1. The predicted molar refractivity (Wildman–Crippen MR) is 83.7 cm³/mol. The van der Waals surface area contributed by atoms with E-state index < -0.39 is 0 Å². The summed E-state index contributed by atoms with van der Waals surface area (Å²) in [4.78, 5) is 0. The van der Waals surface area contributed by atoms with Crippen molar-refractivity contribution in [2.45, 2.75) is 32.2 Å². The first-order valence-corrected chi connectivity index (χ1v) is 7.95. The van der Waals surface area contributed by atoms with Gasteiger partial charge in [0.2, 0.25) is 0 Å². The van der Waals surface area contributed by atoms with Gasteiger partial charge in [-0.05, 0) is 72.0 Å². The summed E-state index contributed by atoms with van der Waals surface area (Å²) >= 11 is 2.39. The van der Waals surface area contributed by atoms with Crippen LogP contribution in [0.15, 0.2) is 24.3 Å². The Labute approximate surface area is 124 Å². The fraction of sp³-hybridized carbons (Fsp3) is 0.600. The summed E-state index contributed by atoms with van der Waals surface area (Å²) in [6, 6.07) is 9.37. The van der Waals surface area contributed by atoms with Crippen LogP contribution in [0.25, 0.3) is 0 Å². The molecule has 1 aliphatic heterocycles. The van der Waals surface area contributed by atoms with Crippen molar-refractivity contribution in [1.29, 1.82) is 0 Å². The molecule has 2 rings (SSSR count). The molecule has 0 aliphatic carbocycles. The van der Waals surface area contributed by atoms with Gasteiger partial charge >= 0.3 is 0 Å². The Kier molecular flexibility index (Phi) is 5.92. The van der Waals surface area contributed by atoms with Crippen LogP contribution in [0.3, 0.4) is 0 Å². The van der Waals surface area contributed by atoms with E-state index >= 15 is 0 Å². The molecule has 0 amide bonds. The van der Waals surface area contributed by atoms with E-state index in [9.17, 15) is 0 Å². The molecule has 18 heavy (non-hydrogen) atoms. The summed E-state index contributed by atoms with van der Waals surface area (Å²) < 4.78 is 6.80. The van der Waals surface area contributed by atoms with Gasteiger partial charge in [0.1, 0.15) is 0 Å². The second-order valence-electron chi connectivity index (χ2n) is 4.94. The molecule has 1 unspecified atom stereocenters. The molecule has 1 fully saturated rings. The normalized spacial score (nSPS) is 18.8. The molecule has 0 spiro atoms. The molecule has 1 aliphatic rings. The quantitative estimate of drug-likeness (QED) is 0.809. The largest absolute Gasteiger partial charge is 0.381 e. The third-order valence-corrected chi connectivity index (χ3v) is 4.23. The maximum atomic E-state index is 5.48. The number of nitrogens with one attached hydrogen (secondary N) is 1. The van der Waals surface area contributed by atoms with Crippen molar-refractivity contribution in [3.05, 3.63) is 33.4 Å². The average Bonchev–Trinajstić information content (AvgIpc) is 2.40. The summed E-state index contributed by atoms with van der Waals surface area (Å²) in [5.74, 6) is 0.712. The minimum absolute atomic E-state index is 0.489. The zero-order valence-corrected chi connectivity index (χ0v) is 13.2. The van der Waals surface area contributed by atoms with Crippen molar-refractivity contribution < 1.29 is 4.74 Å². The number of hydrogen-bond donors (Lipinski definition) is 1. The zero-order valence-electron chi connectivity index (χ0n) is 11.0. The Morgan fingerprint density at radius 3 is 2.83 bits per heavy atom. The minimum atomic E-state index is 0.489. The molecule has 1 atom stereocenters. The van der Waals surface area contributed by atoms with Crippen LogP contribution in [0.5, 0.6) is 0 Å². The van der Waals surface area contributed by atoms with Crippen molar-refractivity contribution in [2.75, 3.05) is 19.8 Å². The lowest BCUT2D eigenvalue weighted by atomic mass is 9.87. The van der Waals surface area contributed by atoms with E-state index in [0.29, 0.717) is 12.0 Å². The van der Waals surface area contributed by atoms with Gasteiger partial charge in [0.05, 0.1) is 0 Å². The van der Waals surface area contributed by atoms with Crippen LogP contribution < -0.4 is 5.32 Å². The fourth-order valence-corrected chi connectivity index (χ4v) is 3.17. The van der Waals surface area contributed by atoms with Crippen LogP contribution in [0.4, 0.5) is 0 Å². The summed E-state index contributed by atoms with van der Waals surface area (Å²) in [5.41, 5.74) is 1.43. The summed E-state index contributed by atoms with van der Waals surface area (Å²) in [6.45, 7) is 5.15. The SMILES string of the molecule is CCCNC(c1cccc(I)c1)C1CCOCC1. The van der Waals surface area contributed by atoms with Gasteiger partial charge in [-0.1, -0.05) is 19.1 Å². The van der Waals surface area contributed by atoms with Gasteiger partial charge in [0.15, 0.2) is 0 Å². The average molecular weight is 359 g/mol. The number of ether oxygens (including phenoxy) is 1. The Bertz CT molecular complexity index is 363.